The lowest BCUT2D eigenvalue weighted by Gasteiger charge is -2.05. The number of benzene rings is 1. The number of aromatic nitrogens is 2. The van der Waals surface area contributed by atoms with Gasteiger partial charge in [0.25, 0.3) is 0 Å². The first-order valence-corrected chi connectivity index (χ1v) is 6.47. The molecule has 6 heteroatoms. The van der Waals surface area contributed by atoms with E-state index in [1.807, 2.05) is 25.1 Å². The minimum absolute atomic E-state index is 0.140. The van der Waals surface area contributed by atoms with Crippen LogP contribution in [-0.4, -0.2) is 15.7 Å². The number of hydrogen-bond donors (Lipinski definition) is 1. The molecule has 0 atom stereocenters. The van der Waals surface area contributed by atoms with E-state index in [2.05, 4.69) is 10.4 Å². The van der Waals surface area contributed by atoms with Crippen LogP contribution >= 0.6 is 23.2 Å². The smallest absolute Gasteiger partial charge is 0.222 e. The number of carbonyl (C=O) groups excluding carboxylic acids is 1. The largest absolute Gasteiger partial charge is 0.309 e. The molecule has 0 saturated heterocycles. The average molecular weight is 298 g/mol. The number of anilines is 1. The van der Waals surface area contributed by atoms with Gasteiger partial charge in [0.05, 0.1) is 16.6 Å². The summed E-state index contributed by atoms with van der Waals surface area (Å²) in [7, 11) is 0. The number of amides is 1. The highest BCUT2D eigenvalue weighted by molar-refractivity contribution is 6.42. The van der Waals surface area contributed by atoms with Gasteiger partial charge in [-0.05, 0) is 24.6 Å². The summed E-state index contributed by atoms with van der Waals surface area (Å²) in [4.78, 5) is 11.0. The summed E-state index contributed by atoms with van der Waals surface area (Å²) in [6.07, 6.45) is 0. The van der Waals surface area contributed by atoms with Crippen molar-refractivity contribution in [1.82, 2.24) is 9.78 Å². The van der Waals surface area contributed by atoms with Crippen LogP contribution in [0.4, 0.5) is 5.82 Å². The quantitative estimate of drug-likeness (QED) is 0.942. The van der Waals surface area contributed by atoms with Crippen LogP contribution in [0, 0.1) is 6.92 Å². The second-order valence-corrected chi connectivity index (χ2v) is 5.07. The fourth-order valence-electron chi connectivity index (χ4n) is 1.72. The van der Waals surface area contributed by atoms with Crippen molar-refractivity contribution in [1.29, 1.82) is 0 Å². The number of nitrogens with one attached hydrogen (secondary N) is 1. The van der Waals surface area contributed by atoms with E-state index in [4.69, 9.17) is 23.2 Å². The first-order chi connectivity index (χ1) is 8.95. The van der Waals surface area contributed by atoms with Gasteiger partial charge in [0.15, 0.2) is 5.82 Å². The Balaban J connectivity index is 2.20. The molecule has 100 valence electrons. The molecule has 0 bridgehead atoms. The molecule has 1 aromatic carbocycles. The van der Waals surface area contributed by atoms with Gasteiger partial charge in [-0.15, -0.1) is 0 Å². The molecule has 1 aromatic heterocycles. The molecule has 2 aromatic rings. The zero-order valence-corrected chi connectivity index (χ0v) is 12.1. The summed E-state index contributed by atoms with van der Waals surface area (Å²) >= 11 is 11.8. The average Bonchev–Trinajstić information content (AvgIpc) is 2.63. The molecule has 0 unspecified atom stereocenters. The van der Waals surface area contributed by atoms with Crippen LogP contribution in [0.15, 0.2) is 24.3 Å². The molecule has 1 N–H and O–H groups in total. The zero-order valence-electron chi connectivity index (χ0n) is 10.6. The third-order valence-electron chi connectivity index (χ3n) is 2.60. The van der Waals surface area contributed by atoms with E-state index in [1.165, 1.54) is 6.92 Å². The summed E-state index contributed by atoms with van der Waals surface area (Å²) in [5.41, 5.74) is 1.95. The van der Waals surface area contributed by atoms with Crippen LogP contribution in [0.2, 0.25) is 10.0 Å². The Kier molecular flexibility index (Phi) is 4.12. The molecule has 0 aliphatic rings. The van der Waals surface area contributed by atoms with Gasteiger partial charge in [-0.2, -0.15) is 5.10 Å². The Morgan fingerprint density at radius 2 is 2.05 bits per heavy atom. The molecular formula is C13H13Cl2N3O. The standard InChI is InChI=1S/C13H13Cl2N3O/c1-8-5-13(16-9(2)19)17-18(8)7-10-3-4-11(14)12(15)6-10/h3-6H,7H2,1-2H3,(H,16,17,19). The molecule has 2 rings (SSSR count). The van der Waals surface area contributed by atoms with Crippen molar-refractivity contribution in [2.75, 3.05) is 5.32 Å². The number of rotatable bonds is 3. The predicted molar refractivity (Wildman–Crippen MR) is 76.8 cm³/mol. The van der Waals surface area contributed by atoms with E-state index in [9.17, 15) is 4.79 Å². The van der Waals surface area contributed by atoms with Crippen molar-refractivity contribution < 1.29 is 4.79 Å². The lowest BCUT2D eigenvalue weighted by Crippen LogP contribution is -2.08. The van der Waals surface area contributed by atoms with Crippen molar-refractivity contribution in [3.8, 4) is 0 Å². The Morgan fingerprint density at radius 1 is 1.32 bits per heavy atom. The van der Waals surface area contributed by atoms with E-state index in [1.54, 1.807) is 10.7 Å². The SMILES string of the molecule is CC(=O)Nc1cc(C)n(Cc2ccc(Cl)c(Cl)c2)n1. The maximum atomic E-state index is 11.0. The summed E-state index contributed by atoms with van der Waals surface area (Å²) in [6, 6.07) is 7.28. The van der Waals surface area contributed by atoms with Gasteiger partial charge in [0, 0.05) is 18.7 Å². The molecule has 4 nitrogen and oxygen atoms in total. The molecule has 0 saturated carbocycles. The normalized spacial score (nSPS) is 10.5. The van der Waals surface area contributed by atoms with Crippen molar-refractivity contribution in [2.45, 2.75) is 20.4 Å². The fraction of sp³-hybridized carbons (Fsp3) is 0.231. The molecule has 0 radical (unpaired) electrons. The van der Waals surface area contributed by atoms with Gasteiger partial charge in [-0.1, -0.05) is 29.3 Å². The summed E-state index contributed by atoms with van der Waals surface area (Å²) in [5, 5.41) is 8.01. The topological polar surface area (TPSA) is 46.9 Å². The Labute approximate surface area is 121 Å². The Hall–Kier alpha value is -1.52. The Bertz CT molecular complexity index is 622. The van der Waals surface area contributed by atoms with Gasteiger partial charge in [-0.3, -0.25) is 9.48 Å². The molecule has 1 amide bonds. The fourth-order valence-corrected chi connectivity index (χ4v) is 2.04. The second-order valence-electron chi connectivity index (χ2n) is 4.26. The number of carbonyl (C=O) groups is 1. The third kappa shape index (κ3) is 3.49. The maximum Gasteiger partial charge on any atom is 0.222 e. The summed E-state index contributed by atoms with van der Waals surface area (Å²) < 4.78 is 1.80. The van der Waals surface area contributed by atoms with Crippen LogP contribution in [0.3, 0.4) is 0 Å². The number of nitrogens with zero attached hydrogens (tertiary/aromatic N) is 2. The van der Waals surface area contributed by atoms with Crippen LogP contribution in [0.25, 0.3) is 0 Å². The maximum absolute atomic E-state index is 11.0. The van der Waals surface area contributed by atoms with E-state index in [0.29, 0.717) is 22.4 Å². The van der Waals surface area contributed by atoms with Gasteiger partial charge < -0.3 is 5.32 Å². The number of halogens is 2. The number of hydrogen-bond acceptors (Lipinski definition) is 2. The second kappa shape index (κ2) is 5.63. The zero-order chi connectivity index (χ0) is 14.0. The first-order valence-electron chi connectivity index (χ1n) is 5.71. The minimum Gasteiger partial charge on any atom is -0.309 e. The molecule has 19 heavy (non-hydrogen) atoms. The van der Waals surface area contributed by atoms with E-state index >= 15 is 0 Å². The monoisotopic (exact) mass is 297 g/mol. The summed E-state index contributed by atoms with van der Waals surface area (Å²) in [5.74, 6) is 0.407. The van der Waals surface area contributed by atoms with Crippen molar-refractivity contribution in [2.24, 2.45) is 0 Å². The molecule has 1 heterocycles. The van der Waals surface area contributed by atoms with E-state index in [-0.39, 0.29) is 5.91 Å². The number of aryl methyl sites for hydroxylation is 1. The van der Waals surface area contributed by atoms with Crippen LogP contribution in [0.1, 0.15) is 18.2 Å². The highest BCUT2D eigenvalue weighted by Crippen LogP contribution is 2.23. The van der Waals surface area contributed by atoms with Gasteiger partial charge in [0.1, 0.15) is 0 Å². The molecule has 0 aliphatic heterocycles. The predicted octanol–water partition coefficient (Wildman–Crippen LogP) is 3.51. The molecule has 0 aliphatic carbocycles. The molecule has 0 spiro atoms. The van der Waals surface area contributed by atoms with Gasteiger partial charge in [-0.25, -0.2) is 0 Å². The highest BCUT2D eigenvalue weighted by atomic mass is 35.5. The molecule has 0 fully saturated rings. The molecular weight excluding hydrogens is 285 g/mol. The van der Waals surface area contributed by atoms with E-state index in [0.717, 1.165) is 11.3 Å². The van der Waals surface area contributed by atoms with Gasteiger partial charge >= 0.3 is 0 Å². The Morgan fingerprint density at radius 3 is 2.68 bits per heavy atom. The summed E-state index contributed by atoms with van der Waals surface area (Å²) in [6.45, 7) is 3.95. The lowest BCUT2D eigenvalue weighted by molar-refractivity contribution is -0.114. The van der Waals surface area contributed by atoms with Crippen molar-refractivity contribution in [3.05, 3.63) is 45.6 Å². The third-order valence-corrected chi connectivity index (χ3v) is 3.34. The van der Waals surface area contributed by atoms with Crippen molar-refractivity contribution >= 4 is 34.9 Å². The lowest BCUT2D eigenvalue weighted by atomic mass is 10.2. The van der Waals surface area contributed by atoms with Gasteiger partial charge in [0.2, 0.25) is 5.91 Å². The van der Waals surface area contributed by atoms with Crippen molar-refractivity contribution in [3.63, 3.8) is 0 Å². The minimum atomic E-state index is -0.140. The van der Waals surface area contributed by atoms with E-state index < -0.39 is 0 Å². The van der Waals surface area contributed by atoms with Crippen LogP contribution < -0.4 is 5.32 Å². The van der Waals surface area contributed by atoms with Crippen LogP contribution in [-0.2, 0) is 11.3 Å². The highest BCUT2D eigenvalue weighted by Gasteiger charge is 2.07. The van der Waals surface area contributed by atoms with Crippen LogP contribution in [0.5, 0.6) is 0 Å². The first kappa shape index (κ1) is 13.9.